The number of hydrogen-bond donors (Lipinski definition) is 1. The second kappa shape index (κ2) is 7.93. The molecule has 0 spiro atoms. The molecule has 6 rings (SSSR count). The largest absolute Gasteiger partial charge is 0.478 e. The monoisotopic (exact) mass is 466 g/mol. The molecule has 0 fully saturated rings. The van der Waals surface area contributed by atoms with Gasteiger partial charge < -0.3 is 5.11 Å². The van der Waals surface area contributed by atoms with E-state index in [1.165, 1.54) is 12.1 Å². The lowest BCUT2D eigenvalue weighted by atomic mass is 10.1. The van der Waals surface area contributed by atoms with Crippen molar-refractivity contribution in [2.45, 2.75) is 13.0 Å². The Labute approximate surface area is 197 Å². The first-order valence-corrected chi connectivity index (χ1v) is 11.6. The van der Waals surface area contributed by atoms with Gasteiger partial charge in [0.05, 0.1) is 27.0 Å². The Kier molecular flexibility index (Phi) is 4.74. The van der Waals surface area contributed by atoms with E-state index in [0.29, 0.717) is 29.7 Å². The zero-order valence-electron chi connectivity index (χ0n) is 17.9. The van der Waals surface area contributed by atoms with Gasteiger partial charge in [0.15, 0.2) is 0 Å². The molecule has 0 aliphatic carbocycles. The molecule has 0 saturated heterocycles. The van der Waals surface area contributed by atoms with E-state index >= 15 is 0 Å². The number of rotatable bonds is 4. The molecule has 7 nitrogen and oxygen atoms in total. The van der Waals surface area contributed by atoms with Crippen molar-refractivity contribution >= 4 is 39.9 Å². The number of hydrogen-bond acceptors (Lipinski definition) is 5. The highest BCUT2D eigenvalue weighted by molar-refractivity contribution is 7.13. The first kappa shape index (κ1) is 20.3. The summed E-state index contributed by atoms with van der Waals surface area (Å²) in [6.07, 6.45) is 4.69. The molecule has 2 aromatic carbocycles. The van der Waals surface area contributed by atoms with Gasteiger partial charge in [-0.05, 0) is 59.8 Å². The minimum Gasteiger partial charge on any atom is -0.478 e. The van der Waals surface area contributed by atoms with Crippen LogP contribution in [0, 0.1) is 0 Å². The predicted octanol–water partition coefficient (Wildman–Crippen LogP) is 4.95. The van der Waals surface area contributed by atoms with Crippen molar-refractivity contribution in [1.29, 1.82) is 0 Å². The number of thiophene rings is 1. The van der Waals surface area contributed by atoms with Crippen molar-refractivity contribution in [3.8, 4) is 16.3 Å². The Morgan fingerprint density at radius 2 is 1.94 bits per heavy atom. The van der Waals surface area contributed by atoms with Gasteiger partial charge in [-0.2, -0.15) is 5.10 Å². The van der Waals surface area contributed by atoms with Gasteiger partial charge in [-0.25, -0.2) is 14.5 Å². The molecule has 0 radical (unpaired) electrons. The number of carboxylic acid groups (broad SMARTS) is 1. The number of benzene rings is 2. The lowest BCUT2D eigenvalue weighted by Crippen LogP contribution is -2.21. The summed E-state index contributed by atoms with van der Waals surface area (Å²) >= 11 is 1.62. The quantitative estimate of drug-likeness (QED) is 0.405. The van der Waals surface area contributed by atoms with E-state index in [9.17, 15) is 14.7 Å². The average Bonchev–Trinajstić information content (AvgIpc) is 3.60. The molecule has 166 valence electrons. The molecule has 0 atom stereocenters. The number of carbonyl (C=O) groups is 1. The summed E-state index contributed by atoms with van der Waals surface area (Å²) in [5, 5.41) is 16.6. The number of carboxylic acids is 1. The molecular weight excluding hydrogens is 448 g/mol. The highest BCUT2D eigenvalue weighted by Crippen LogP contribution is 2.33. The summed E-state index contributed by atoms with van der Waals surface area (Å²) < 4.78 is 3.53. The Bertz CT molecular complexity index is 1650. The van der Waals surface area contributed by atoms with Gasteiger partial charge in [-0.15, -0.1) is 11.3 Å². The van der Waals surface area contributed by atoms with E-state index in [4.69, 9.17) is 10.1 Å². The zero-order chi connectivity index (χ0) is 23.2. The van der Waals surface area contributed by atoms with Crippen LogP contribution in [-0.2, 0) is 6.54 Å². The van der Waals surface area contributed by atoms with Crippen LogP contribution in [0.25, 0.3) is 38.8 Å². The van der Waals surface area contributed by atoms with Crippen LogP contribution in [0.5, 0.6) is 0 Å². The lowest BCUT2D eigenvalue weighted by Gasteiger charge is -2.06. The lowest BCUT2D eigenvalue weighted by molar-refractivity contribution is 0.0697. The van der Waals surface area contributed by atoms with Crippen LogP contribution in [0.2, 0.25) is 0 Å². The number of nitrogens with zero attached hydrogens (tertiary/aromatic N) is 4. The zero-order valence-corrected chi connectivity index (χ0v) is 18.7. The molecular formula is C26H18N4O3S. The molecule has 3 aromatic heterocycles. The van der Waals surface area contributed by atoms with E-state index in [1.54, 1.807) is 22.0 Å². The summed E-state index contributed by atoms with van der Waals surface area (Å²) in [5.74, 6) is -0.474. The number of fused-ring (bicyclic) bond motifs is 2. The van der Waals surface area contributed by atoms with E-state index in [0.717, 1.165) is 27.4 Å². The minimum atomic E-state index is -1.05. The smallest absolute Gasteiger partial charge is 0.335 e. The Morgan fingerprint density at radius 3 is 2.71 bits per heavy atom. The Balaban J connectivity index is 1.51. The maximum atomic E-state index is 13.1. The van der Waals surface area contributed by atoms with Crippen LogP contribution in [0.3, 0.4) is 0 Å². The molecule has 34 heavy (non-hydrogen) atoms. The van der Waals surface area contributed by atoms with Crippen molar-refractivity contribution in [1.82, 2.24) is 19.3 Å². The Hall–Kier alpha value is -4.30. The second-order valence-electron chi connectivity index (χ2n) is 8.04. The van der Waals surface area contributed by atoms with Gasteiger partial charge in [-0.1, -0.05) is 24.3 Å². The van der Waals surface area contributed by atoms with Crippen LogP contribution in [-0.4, -0.2) is 30.4 Å². The van der Waals surface area contributed by atoms with Crippen molar-refractivity contribution in [3.05, 3.63) is 99.5 Å². The van der Waals surface area contributed by atoms with Crippen LogP contribution < -0.4 is 5.56 Å². The number of aromatic nitrogens is 4. The number of para-hydroxylation sites is 1. The fourth-order valence-electron chi connectivity index (χ4n) is 4.29. The predicted molar refractivity (Wildman–Crippen MR) is 132 cm³/mol. The molecule has 8 heteroatoms. The molecule has 0 amide bonds. The molecule has 1 N–H and O–H groups in total. The number of allylic oxidation sites excluding steroid dienone is 1. The highest BCUT2D eigenvalue weighted by atomic mass is 32.1. The summed E-state index contributed by atoms with van der Waals surface area (Å²) in [7, 11) is 0. The summed E-state index contributed by atoms with van der Waals surface area (Å²) in [5.41, 5.74) is 4.02. The molecule has 1 aliphatic rings. The van der Waals surface area contributed by atoms with Gasteiger partial charge in [0.2, 0.25) is 0 Å². The third-order valence-electron chi connectivity index (χ3n) is 5.94. The standard InChI is InChI=1S/C26H18N4O3S/c31-25-20-9-8-17(26(32)33)14-21(20)27-24-16(10-11-29(24)25)13-18-15-30(19-5-2-1-3-6-19)28-23(18)22-7-4-12-34-22/h1-9,12-15H,10-11H2,(H,32,33)/b16-13-. The van der Waals surface area contributed by atoms with Crippen LogP contribution in [0.1, 0.15) is 28.2 Å². The molecule has 0 bridgehead atoms. The van der Waals surface area contributed by atoms with Crippen molar-refractivity contribution in [2.75, 3.05) is 0 Å². The van der Waals surface area contributed by atoms with Gasteiger partial charge in [0.1, 0.15) is 11.5 Å². The first-order chi connectivity index (χ1) is 16.6. The minimum absolute atomic E-state index is 0.108. The van der Waals surface area contributed by atoms with E-state index in [-0.39, 0.29) is 11.1 Å². The molecule has 5 aromatic rings. The van der Waals surface area contributed by atoms with Gasteiger partial charge in [0, 0.05) is 18.3 Å². The maximum Gasteiger partial charge on any atom is 0.335 e. The molecule has 0 unspecified atom stereocenters. The van der Waals surface area contributed by atoms with Crippen LogP contribution >= 0.6 is 11.3 Å². The fourth-order valence-corrected chi connectivity index (χ4v) is 5.02. The third-order valence-corrected chi connectivity index (χ3v) is 6.82. The average molecular weight is 467 g/mol. The molecule has 1 aliphatic heterocycles. The maximum absolute atomic E-state index is 13.1. The first-order valence-electron chi connectivity index (χ1n) is 10.8. The van der Waals surface area contributed by atoms with Crippen LogP contribution in [0.15, 0.2) is 77.0 Å². The van der Waals surface area contributed by atoms with E-state index in [1.807, 2.05) is 64.8 Å². The van der Waals surface area contributed by atoms with Crippen molar-refractivity contribution in [2.24, 2.45) is 0 Å². The van der Waals surface area contributed by atoms with Gasteiger partial charge in [0.25, 0.3) is 5.56 Å². The van der Waals surface area contributed by atoms with Gasteiger partial charge >= 0.3 is 5.97 Å². The van der Waals surface area contributed by atoms with Crippen molar-refractivity contribution in [3.63, 3.8) is 0 Å². The third kappa shape index (κ3) is 3.36. The summed E-state index contributed by atoms with van der Waals surface area (Å²) in [4.78, 5) is 30.2. The topological polar surface area (TPSA) is 90.0 Å². The molecule has 0 saturated carbocycles. The highest BCUT2D eigenvalue weighted by Gasteiger charge is 2.23. The number of aromatic carboxylic acids is 1. The van der Waals surface area contributed by atoms with E-state index < -0.39 is 5.97 Å². The second-order valence-corrected chi connectivity index (χ2v) is 8.99. The summed E-state index contributed by atoms with van der Waals surface area (Å²) in [6.45, 7) is 0.533. The normalized spacial score (nSPS) is 14.1. The van der Waals surface area contributed by atoms with Gasteiger partial charge in [-0.3, -0.25) is 9.36 Å². The molecule has 4 heterocycles. The Morgan fingerprint density at radius 1 is 1.09 bits per heavy atom. The fraction of sp³-hybridized carbons (Fsp3) is 0.0769. The SMILES string of the molecule is O=C(O)c1ccc2c(=O)n3c(nc2c1)/C(=C\c1cn(-c2ccccc2)nc1-c1cccs1)CC3. The van der Waals surface area contributed by atoms with E-state index in [2.05, 4.69) is 0 Å². The van der Waals surface area contributed by atoms with Crippen molar-refractivity contribution < 1.29 is 9.90 Å². The van der Waals surface area contributed by atoms with Crippen LogP contribution in [0.4, 0.5) is 0 Å². The summed E-state index contributed by atoms with van der Waals surface area (Å²) in [6, 6.07) is 18.4.